The highest BCUT2D eigenvalue weighted by Crippen LogP contribution is 2.24. The first-order valence-corrected chi connectivity index (χ1v) is 12.8. The molecule has 0 saturated carbocycles. The van der Waals surface area contributed by atoms with E-state index in [2.05, 4.69) is 10.0 Å². The van der Waals surface area contributed by atoms with Crippen LogP contribution in [0.5, 0.6) is 5.75 Å². The van der Waals surface area contributed by atoms with Gasteiger partial charge in [0.05, 0.1) is 10.9 Å². The average molecular weight is 489 g/mol. The molecule has 174 valence electrons. The molecule has 1 atom stereocenters. The third kappa shape index (κ3) is 6.72. The summed E-state index contributed by atoms with van der Waals surface area (Å²) in [5, 5.41) is 2.89. The van der Waals surface area contributed by atoms with Gasteiger partial charge in [-0.1, -0.05) is 12.1 Å². The van der Waals surface area contributed by atoms with E-state index >= 15 is 0 Å². The third-order valence-electron chi connectivity index (χ3n) is 4.91. The molecule has 3 aromatic rings. The number of nitrogens with one attached hydrogen (secondary N) is 2. The van der Waals surface area contributed by atoms with E-state index in [1.807, 2.05) is 37.4 Å². The largest absolute Gasteiger partial charge is 0.484 e. The molecule has 0 aliphatic rings. The Hall–Kier alpha value is -3.04. The predicted molar refractivity (Wildman–Crippen MR) is 129 cm³/mol. The van der Waals surface area contributed by atoms with Crippen molar-refractivity contribution in [1.29, 1.82) is 0 Å². The molecule has 3 aromatic carbocycles. The Balaban J connectivity index is 1.59. The van der Waals surface area contributed by atoms with E-state index in [4.69, 9.17) is 4.74 Å². The number of halogens is 1. The lowest BCUT2D eigenvalue weighted by molar-refractivity contribution is -0.123. The van der Waals surface area contributed by atoms with Crippen molar-refractivity contribution in [3.63, 3.8) is 0 Å². The standard InChI is InChI=1S/C24H25FN2O4S2/c1-16-14-22(33(29,30)27-20-8-6-19(25)7-9-20)12-13-23(16)31-15-24(28)26-17(2)18-4-10-21(32-3)11-5-18/h4-14,17,27H,15H2,1-3H3,(H,26,28). The fourth-order valence-electron chi connectivity index (χ4n) is 3.09. The maximum absolute atomic E-state index is 13.0. The van der Waals surface area contributed by atoms with E-state index in [0.29, 0.717) is 11.3 Å². The lowest BCUT2D eigenvalue weighted by Gasteiger charge is -2.16. The Labute approximate surface area is 197 Å². The van der Waals surface area contributed by atoms with Gasteiger partial charge in [-0.2, -0.15) is 0 Å². The first kappa shape index (κ1) is 24.6. The number of rotatable bonds is 9. The van der Waals surface area contributed by atoms with Crippen molar-refractivity contribution >= 4 is 33.4 Å². The van der Waals surface area contributed by atoms with Crippen LogP contribution < -0.4 is 14.8 Å². The number of sulfonamides is 1. The molecule has 0 aromatic heterocycles. The third-order valence-corrected chi connectivity index (χ3v) is 7.03. The quantitative estimate of drug-likeness (QED) is 0.418. The van der Waals surface area contributed by atoms with Crippen molar-refractivity contribution in [2.45, 2.75) is 29.7 Å². The number of ether oxygens (including phenoxy) is 1. The molecule has 0 fully saturated rings. The number of thioether (sulfide) groups is 1. The molecule has 1 unspecified atom stereocenters. The first-order chi connectivity index (χ1) is 15.7. The second-order valence-electron chi connectivity index (χ2n) is 7.39. The smallest absolute Gasteiger partial charge is 0.261 e. The number of anilines is 1. The number of carbonyl (C=O) groups excluding carboxylic acids is 1. The summed E-state index contributed by atoms with van der Waals surface area (Å²) in [6.07, 6.45) is 2.00. The van der Waals surface area contributed by atoms with Crippen molar-refractivity contribution < 1.29 is 22.3 Å². The molecule has 0 aliphatic carbocycles. The summed E-state index contributed by atoms with van der Waals surface area (Å²) in [7, 11) is -3.86. The minimum atomic E-state index is -3.86. The number of hydrogen-bond donors (Lipinski definition) is 2. The summed E-state index contributed by atoms with van der Waals surface area (Å²) in [6.45, 7) is 3.39. The van der Waals surface area contributed by atoms with Crippen LogP contribution in [0.25, 0.3) is 0 Å². The zero-order chi connectivity index (χ0) is 24.0. The molecule has 33 heavy (non-hydrogen) atoms. The Morgan fingerprint density at radius 2 is 1.73 bits per heavy atom. The van der Waals surface area contributed by atoms with Crippen molar-refractivity contribution in [2.24, 2.45) is 0 Å². The molecular weight excluding hydrogens is 463 g/mol. The van der Waals surface area contributed by atoms with Crippen LogP contribution >= 0.6 is 11.8 Å². The van der Waals surface area contributed by atoms with Gasteiger partial charge in [0.2, 0.25) is 0 Å². The van der Waals surface area contributed by atoms with Gasteiger partial charge < -0.3 is 10.1 Å². The van der Waals surface area contributed by atoms with E-state index in [-0.39, 0.29) is 29.1 Å². The molecule has 0 heterocycles. The summed E-state index contributed by atoms with van der Waals surface area (Å²) >= 11 is 1.65. The summed E-state index contributed by atoms with van der Waals surface area (Å²) in [4.78, 5) is 13.5. The fraction of sp³-hybridized carbons (Fsp3) is 0.208. The summed E-state index contributed by atoms with van der Waals surface area (Å²) in [5.74, 6) is -0.337. The molecular formula is C24H25FN2O4S2. The van der Waals surface area contributed by atoms with Crippen LogP contribution in [0.2, 0.25) is 0 Å². The first-order valence-electron chi connectivity index (χ1n) is 10.1. The lowest BCUT2D eigenvalue weighted by Crippen LogP contribution is -2.31. The zero-order valence-corrected chi connectivity index (χ0v) is 20.1. The maximum atomic E-state index is 13.0. The molecule has 0 radical (unpaired) electrons. The fourth-order valence-corrected chi connectivity index (χ4v) is 4.64. The van der Waals surface area contributed by atoms with Gasteiger partial charge in [0.25, 0.3) is 15.9 Å². The van der Waals surface area contributed by atoms with Gasteiger partial charge in [0.1, 0.15) is 11.6 Å². The van der Waals surface area contributed by atoms with E-state index in [9.17, 15) is 17.6 Å². The van der Waals surface area contributed by atoms with Crippen molar-refractivity contribution in [1.82, 2.24) is 5.32 Å². The number of aryl methyl sites for hydroxylation is 1. The second-order valence-corrected chi connectivity index (χ2v) is 9.95. The minimum Gasteiger partial charge on any atom is -0.484 e. The molecule has 0 aliphatic heterocycles. The van der Waals surface area contributed by atoms with E-state index in [0.717, 1.165) is 10.5 Å². The van der Waals surface area contributed by atoms with Crippen molar-refractivity contribution in [2.75, 3.05) is 17.6 Å². The number of carbonyl (C=O) groups is 1. The van der Waals surface area contributed by atoms with Crippen LogP contribution in [0.3, 0.4) is 0 Å². The average Bonchev–Trinajstić information content (AvgIpc) is 2.79. The van der Waals surface area contributed by atoms with Gasteiger partial charge >= 0.3 is 0 Å². The molecule has 3 rings (SSSR count). The van der Waals surface area contributed by atoms with Gasteiger partial charge in [-0.25, -0.2) is 12.8 Å². The number of benzene rings is 3. The summed E-state index contributed by atoms with van der Waals surface area (Å²) in [5.41, 5.74) is 1.80. The molecule has 0 bridgehead atoms. The minimum absolute atomic E-state index is 0.0310. The van der Waals surface area contributed by atoms with Crippen LogP contribution in [0, 0.1) is 12.7 Å². The summed E-state index contributed by atoms with van der Waals surface area (Å²) in [6, 6.07) is 17.2. The van der Waals surface area contributed by atoms with E-state index in [1.165, 1.54) is 42.5 Å². The predicted octanol–water partition coefficient (Wildman–Crippen LogP) is 4.91. The van der Waals surface area contributed by atoms with E-state index < -0.39 is 15.8 Å². The van der Waals surface area contributed by atoms with Crippen molar-refractivity contribution in [3.8, 4) is 5.75 Å². The van der Waals surface area contributed by atoms with Crippen LogP contribution in [-0.2, 0) is 14.8 Å². The number of amides is 1. The Bertz CT molecular complexity index is 1210. The molecule has 0 saturated heterocycles. The highest BCUT2D eigenvalue weighted by molar-refractivity contribution is 7.98. The van der Waals surface area contributed by atoms with Crippen LogP contribution in [0.4, 0.5) is 10.1 Å². The highest BCUT2D eigenvalue weighted by Gasteiger charge is 2.17. The zero-order valence-electron chi connectivity index (χ0n) is 18.5. The van der Waals surface area contributed by atoms with Gasteiger partial charge in [0.15, 0.2) is 6.61 Å². The Morgan fingerprint density at radius 3 is 2.33 bits per heavy atom. The van der Waals surface area contributed by atoms with Gasteiger partial charge in [-0.05, 0) is 85.8 Å². The Morgan fingerprint density at radius 1 is 1.06 bits per heavy atom. The summed E-state index contributed by atoms with van der Waals surface area (Å²) < 4.78 is 46.2. The highest BCUT2D eigenvalue weighted by atomic mass is 32.2. The van der Waals surface area contributed by atoms with Crippen molar-refractivity contribution in [3.05, 3.63) is 83.7 Å². The molecule has 1 amide bonds. The van der Waals surface area contributed by atoms with Crippen LogP contribution in [-0.4, -0.2) is 27.2 Å². The monoisotopic (exact) mass is 488 g/mol. The second kappa shape index (κ2) is 10.7. The molecule has 6 nitrogen and oxygen atoms in total. The SMILES string of the molecule is CSc1ccc(C(C)NC(=O)COc2ccc(S(=O)(=O)Nc3ccc(F)cc3)cc2C)cc1. The lowest BCUT2D eigenvalue weighted by atomic mass is 10.1. The van der Waals surface area contributed by atoms with E-state index in [1.54, 1.807) is 18.7 Å². The molecule has 0 spiro atoms. The Kier molecular flexibility index (Phi) is 7.99. The van der Waals surface area contributed by atoms with Crippen LogP contribution in [0.1, 0.15) is 24.1 Å². The molecule has 2 N–H and O–H groups in total. The van der Waals surface area contributed by atoms with Gasteiger partial charge in [0, 0.05) is 10.6 Å². The topological polar surface area (TPSA) is 84.5 Å². The van der Waals surface area contributed by atoms with Crippen LogP contribution in [0.15, 0.2) is 76.5 Å². The normalized spacial score (nSPS) is 12.1. The molecule has 9 heteroatoms. The maximum Gasteiger partial charge on any atom is 0.261 e. The number of hydrogen-bond acceptors (Lipinski definition) is 5. The van der Waals surface area contributed by atoms with Gasteiger partial charge in [-0.15, -0.1) is 11.8 Å². The van der Waals surface area contributed by atoms with Gasteiger partial charge in [-0.3, -0.25) is 9.52 Å².